The Morgan fingerprint density at radius 2 is 2.04 bits per heavy atom. The number of benzene rings is 2. The molecule has 0 spiro atoms. The number of nitrogens with zero attached hydrogens (tertiary/aromatic N) is 1. The molecule has 1 aliphatic heterocycles. The molecule has 1 aliphatic rings. The lowest BCUT2D eigenvalue weighted by atomic mass is 10.2. The van der Waals surface area contributed by atoms with E-state index in [1.807, 2.05) is 55.5 Å². The second kappa shape index (κ2) is 8.52. The second-order valence-corrected chi connectivity index (χ2v) is 6.52. The summed E-state index contributed by atoms with van der Waals surface area (Å²) in [5.74, 6) is 0.915. The summed E-state index contributed by atoms with van der Waals surface area (Å²) in [4.78, 5) is 25.7. The minimum Gasteiger partial charge on any atom is -0.494 e. The molecule has 0 bridgehead atoms. The van der Waals surface area contributed by atoms with Gasteiger partial charge in [0.15, 0.2) is 0 Å². The Morgan fingerprint density at radius 3 is 2.81 bits per heavy atom. The van der Waals surface area contributed by atoms with Crippen LogP contribution in [0.15, 0.2) is 48.5 Å². The summed E-state index contributed by atoms with van der Waals surface area (Å²) in [6.07, 6.45) is 2.51. The van der Waals surface area contributed by atoms with Crippen molar-refractivity contribution in [1.29, 1.82) is 0 Å². The Labute approximate surface area is 154 Å². The molecule has 26 heavy (non-hydrogen) atoms. The van der Waals surface area contributed by atoms with Crippen LogP contribution in [0.4, 0.5) is 11.4 Å². The summed E-state index contributed by atoms with van der Waals surface area (Å²) in [7, 11) is 0. The summed E-state index contributed by atoms with van der Waals surface area (Å²) in [6, 6.07) is 15.3. The first kappa shape index (κ1) is 18.0. The van der Waals surface area contributed by atoms with E-state index in [1.54, 1.807) is 4.90 Å². The number of anilines is 2. The van der Waals surface area contributed by atoms with Gasteiger partial charge in [-0.2, -0.15) is 0 Å². The Hall–Kier alpha value is -2.82. The van der Waals surface area contributed by atoms with Gasteiger partial charge in [0.1, 0.15) is 5.75 Å². The average molecular weight is 352 g/mol. The van der Waals surface area contributed by atoms with Gasteiger partial charge >= 0.3 is 0 Å². The second-order valence-electron chi connectivity index (χ2n) is 6.52. The Morgan fingerprint density at radius 1 is 1.19 bits per heavy atom. The third kappa shape index (κ3) is 4.85. The summed E-state index contributed by atoms with van der Waals surface area (Å²) in [6.45, 7) is 3.26. The number of rotatable bonds is 7. The standard InChI is InChI=1S/C21H24N2O3/c1-16-6-2-9-19(14-16)26-13-5-10-20(24)22-17-7-3-8-18(15-17)23-12-4-11-21(23)25/h2-3,6-9,14-15H,4-5,10-13H2,1H3,(H,22,24). The third-order valence-electron chi connectivity index (χ3n) is 4.32. The summed E-state index contributed by atoms with van der Waals surface area (Å²) >= 11 is 0. The van der Waals surface area contributed by atoms with Crippen LogP contribution in [-0.4, -0.2) is 25.0 Å². The molecular weight excluding hydrogens is 328 g/mol. The largest absolute Gasteiger partial charge is 0.494 e. The lowest BCUT2D eigenvalue weighted by Gasteiger charge is -2.16. The van der Waals surface area contributed by atoms with Crippen LogP contribution in [0, 0.1) is 6.92 Å². The van der Waals surface area contributed by atoms with E-state index in [1.165, 1.54) is 0 Å². The molecule has 1 N–H and O–H groups in total. The highest BCUT2D eigenvalue weighted by Gasteiger charge is 2.21. The van der Waals surface area contributed by atoms with Gasteiger partial charge in [0.05, 0.1) is 6.61 Å². The first-order valence-corrected chi connectivity index (χ1v) is 9.01. The van der Waals surface area contributed by atoms with Crippen LogP contribution in [0.25, 0.3) is 0 Å². The van der Waals surface area contributed by atoms with Gasteiger partial charge in [0, 0.05) is 30.8 Å². The van der Waals surface area contributed by atoms with E-state index in [0.29, 0.717) is 31.6 Å². The average Bonchev–Trinajstić information content (AvgIpc) is 3.05. The number of nitrogens with one attached hydrogen (secondary N) is 1. The van der Waals surface area contributed by atoms with Gasteiger partial charge < -0.3 is 15.0 Å². The van der Waals surface area contributed by atoms with E-state index in [0.717, 1.165) is 30.0 Å². The smallest absolute Gasteiger partial charge is 0.227 e. The molecule has 0 radical (unpaired) electrons. The zero-order valence-electron chi connectivity index (χ0n) is 15.0. The molecule has 2 aromatic carbocycles. The monoisotopic (exact) mass is 352 g/mol. The molecule has 136 valence electrons. The van der Waals surface area contributed by atoms with Crippen LogP contribution >= 0.6 is 0 Å². The Bertz CT molecular complexity index is 788. The number of amides is 2. The molecule has 1 heterocycles. The molecule has 2 aromatic rings. The number of hydrogen-bond acceptors (Lipinski definition) is 3. The highest BCUT2D eigenvalue weighted by molar-refractivity contribution is 5.97. The van der Waals surface area contributed by atoms with Crippen LogP contribution in [-0.2, 0) is 9.59 Å². The van der Waals surface area contributed by atoms with E-state index in [4.69, 9.17) is 4.74 Å². The van der Waals surface area contributed by atoms with Crippen molar-refractivity contribution >= 4 is 23.2 Å². The van der Waals surface area contributed by atoms with Crippen molar-refractivity contribution in [2.45, 2.75) is 32.6 Å². The van der Waals surface area contributed by atoms with Crippen molar-refractivity contribution in [3.63, 3.8) is 0 Å². The van der Waals surface area contributed by atoms with E-state index >= 15 is 0 Å². The molecule has 0 aliphatic carbocycles. The molecule has 0 unspecified atom stereocenters. The summed E-state index contributed by atoms with van der Waals surface area (Å²) in [5, 5.41) is 2.90. The van der Waals surface area contributed by atoms with Gasteiger partial charge in [-0.1, -0.05) is 18.2 Å². The lowest BCUT2D eigenvalue weighted by Crippen LogP contribution is -2.23. The summed E-state index contributed by atoms with van der Waals surface area (Å²) in [5.41, 5.74) is 2.71. The van der Waals surface area contributed by atoms with Gasteiger partial charge in [-0.25, -0.2) is 0 Å². The maximum Gasteiger partial charge on any atom is 0.227 e. The van der Waals surface area contributed by atoms with E-state index in [2.05, 4.69) is 5.32 Å². The number of carbonyl (C=O) groups excluding carboxylic acids is 2. The molecule has 1 fully saturated rings. The van der Waals surface area contributed by atoms with Crippen LogP contribution in [0.1, 0.15) is 31.2 Å². The highest BCUT2D eigenvalue weighted by Crippen LogP contribution is 2.24. The topological polar surface area (TPSA) is 58.6 Å². The van der Waals surface area contributed by atoms with Crippen molar-refractivity contribution in [3.8, 4) is 5.75 Å². The van der Waals surface area contributed by atoms with Gasteiger partial charge in [0.25, 0.3) is 0 Å². The third-order valence-corrected chi connectivity index (χ3v) is 4.32. The maximum atomic E-state index is 12.1. The maximum absolute atomic E-state index is 12.1. The van der Waals surface area contributed by atoms with Gasteiger partial charge in [0.2, 0.25) is 11.8 Å². The predicted molar refractivity (Wildman–Crippen MR) is 103 cm³/mol. The fraction of sp³-hybridized carbons (Fsp3) is 0.333. The molecule has 0 atom stereocenters. The fourth-order valence-corrected chi connectivity index (χ4v) is 3.02. The minimum absolute atomic E-state index is 0.0530. The van der Waals surface area contributed by atoms with Crippen molar-refractivity contribution in [2.75, 3.05) is 23.4 Å². The molecule has 0 aromatic heterocycles. The number of hydrogen-bond donors (Lipinski definition) is 1. The van der Waals surface area contributed by atoms with E-state index in [-0.39, 0.29) is 11.8 Å². The lowest BCUT2D eigenvalue weighted by molar-refractivity contribution is -0.117. The molecule has 2 amide bonds. The van der Waals surface area contributed by atoms with Crippen LogP contribution < -0.4 is 15.0 Å². The van der Waals surface area contributed by atoms with Crippen LogP contribution in [0.2, 0.25) is 0 Å². The van der Waals surface area contributed by atoms with Gasteiger partial charge in [-0.3, -0.25) is 9.59 Å². The molecule has 1 saturated heterocycles. The molecule has 0 saturated carbocycles. The Kier molecular flexibility index (Phi) is 5.89. The number of carbonyl (C=O) groups is 2. The molecule has 3 rings (SSSR count). The quantitative estimate of drug-likeness (QED) is 0.769. The summed E-state index contributed by atoms with van der Waals surface area (Å²) < 4.78 is 5.66. The van der Waals surface area contributed by atoms with Crippen molar-refractivity contribution < 1.29 is 14.3 Å². The zero-order chi connectivity index (χ0) is 18.4. The highest BCUT2D eigenvalue weighted by atomic mass is 16.5. The number of aryl methyl sites for hydroxylation is 1. The van der Waals surface area contributed by atoms with Crippen molar-refractivity contribution in [2.24, 2.45) is 0 Å². The minimum atomic E-state index is -0.0530. The normalized spacial score (nSPS) is 13.7. The fourth-order valence-electron chi connectivity index (χ4n) is 3.02. The zero-order valence-corrected chi connectivity index (χ0v) is 15.0. The van der Waals surface area contributed by atoms with E-state index in [9.17, 15) is 9.59 Å². The van der Waals surface area contributed by atoms with Crippen LogP contribution in [0.3, 0.4) is 0 Å². The molecule has 5 heteroatoms. The van der Waals surface area contributed by atoms with Crippen LogP contribution in [0.5, 0.6) is 5.75 Å². The van der Waals surface area contributed by atoms with Gasteiger partial charge in [-0.05, 0) is 55.7 Å². The molecular formula is C21H24N2O3. The van der Waals surface area contributed by atoms with Crippen molar-refractivity contribution in [3.05, 3.63) is 54.1 Å². The first-order valence-electron chi connectivity index (χ1n) is 9.01. The predicted octanol–water partition coefficient (Wildman–Crippen LogP) is 3.92. The first-order chi connectivity index (χ1) is 12.6. The molecule has 5 nitrogen and oxygen atoms in total. The number of ether oxygens (including phenoxy) is 1. The SMILES string of the molecule is Cc1cccc(OCCCC(=O)Nc2cccc(N3CCCC3=O)c2)c1. The van der Waals surface area contributed by atoms with Crippen molar-refractivity contribution in [1.82, 2.24) is 0 Å². The van der Waals surface area contributed by atoms with E-state index < -0.39 is 0 Å². The Balaban J connectivity index is 1.45. The van der Waals surface area contributed by atoms with Gasteiger partial charge in [-0.15, -0.1) is 0 Å².